The Kier molecular flexibility index (Phi) is 6.67. The van der Waals surface area contributed by atoms with Crippen LogP contribution in [0.4, 0.5) is 0 Å². The molecule has 142 valence electrons. The number of carbonyl (C=O) groups excluding carboxylic acids is 2. The molecule has 2 saturated heterocycles. The van der Waals surface area contributed by atoms with Gasteiger partial charge in [-0.25, -0.2) is 0 Å². The highest BCUT2D eigenvalue weighted by atomic mass is 16.2. The van der Waals surface area contributed by atoms with Gasteiger partial charge in [0.1, 0.15) is 0 Å². The highest BCUT2D eigenvalue weighted by molar-refractivity contribution is 5.88. The maximum absolute atomic E-state index is 12.8. The Balaban J connectivity index is 1.64. The molecule has 1 atom stereocenters. The molecule has 5 heteroatoms. The van der Waals surface area contributed by atoms with Crippen LogP contribution in [0, 0.1) is 6.92 Å². The molecule has 26 heavy (non-hydrogen) atoms. The molecule has 0 radical (unpaired) electrons. The predicted octanol–water partition coefficient (Wildman–Crippen LogP) is 2.48. The fourth-order valence-electron chi connectivity index (χ4n) is 3.89. The summed E-state index contributed by atoms with van der Waals surface area (Å²) in [6.45, 7) is 5.90. The first-order chi connectivity index (χ1) is 12.6. The van der Waals surface area contributed by atoms with Gasteiger partial charge in [-0.05, 0) is 25.3 Å². The zero-order valence-electron chi connectivity index (χ0n) is 15.9. The number of carbonyl (C=O) groups is 2. The van der Waals surface area contributed by atoms with Crippen LogP contribution >= 0.6 is 0 Å². The molecule has 2 heterocycles. The van der Waals surface area contributed by atoms with Gasteiger partial charge in [0.25, 0.3) is 0 Å². The first kappa shape index (κ1) is 18.9. The zero-order valence-corrected chi connectivity index (χ0v) is 15.9. The molecule has 2 amide bonds. The van der Waals surface area contributed by atoms with E-state index in [0.29, 0.717) is 13.1 Å². The number of hydrogen-bond acceptors (Lipinski definition) is 3. The summed E-state index contributed by atoms with van der Waals surface area (Å²) in [6, 6.07) is 8.06. The van der Waals surface area contributed by atoms with Crippen LogP contribution in [0.15, 0.2) is 24.3 Å². The normalized spacial score (nSPS) is 22.4. The second kappa shape index (κ2) is 9.17. The van der Waals surface area contributed by atoms with Crippen LogP contribution in [0.5, 0.6) is 0 Å². The van der Waals surface area contributed by atoms with Gasteiger partial charge in [0.05, 0.1) is 12.5 Å². The van der Waals surface area contributed by atoms with E-state index >= 15 is 0 Å². The van der Waals surface area contributed by atoms with Crippen molar-refractivity contribution in [3.05, 3.63) is 35.4 Å². The van der Waals surface area contributed by atoms with Gasteiger partial charge in [-0.2, -0.15) is 0 Å². The molecule has 3 rings (SSSR count). The second-order valence-electron chi connectivity index (χ2n) is 7.62. The number of rotatable bonds is 4. The largest absolute Gasteiger partial charge is 0.353 e. The number of likely N-dealkylation sites (tertiary alicyclic amines) is 1. The quantitative estimate of drug-likeness (QED) is 0.901. The molecule has 0 spiro atoms. The van der Waals surface area contributed by atoms with E-state index in [1.54, 1.807) is 0 Å². The molecule has 0 saturated carbocycles. The molecular formula is C21H31N3O2. The lowest BCUT2D eigenvalue weighted by atomic mass is 10.0. The van der Waals surface area contributed by atoms with Gasteiger partial charge >= 0.3 is 0 Å². The average Bonchev–Trinajstić information content (AvgIpc) is 2.59. The summed E-state index contributed by atoms with van der Waals surface area (Å²) in [5, 5.41) is 2.94. The maximum Gasteiger partial charge on any atom is 0.237 e. The van der Waals surface area contributed by atoms with Crippen molar-refractivity contribution < 1.29 is 9.59 Å². The van der Waals surface area contributed by atoms with Crippen LogP contribution in [-0.2, 0) is 16.1 Å². The summed E-state index contributed by atoms with van der Waals surface area (Å²) in [5.74, 6) is 0.117. The van der Waals surface area contributed by atoms with Gasteiger partial charge in [0, 0.05) is 32.7 Å². The summed E-state index contributed by atoms with van der Waals surface area (Å²) in [6.07, 6.45) is 6.13. The first-order valence-corrected chi connectivity index (χ1v) is 9.98. The van der Waals surface area contributed by atoms with Crippen molar-refractivity contribution in [1.82, 2.24) is 15.1 Å². The smallest absolute Gasteiger partial charge is 0.237 e. The lowest BCUT2D eigenvalue weighted by Crippen LogP contribution is -2.56. The van der Waals surface area contributed by atoms with Crippen molar-refractivity contribution in [2.75, 3.05) is 26.2 Å². The molecule has 1 unspecified atom stereocenters. The number of nitrogens with zero attached hydrogens (tertiary/aromatic N) is 2. The van der Waals surface area contributed by atoms with Crippen LogP contribution in [0.2, 0.25) is 0 Å². The van der Waals surface area contributed by atoms with Gasteiger partial charge in [-0.3, -0.25) is 14.5 Å². The Labute approximate surface area is 156 Å². The third-order valence-electron chi connectivity index (χ3n) is 5.52. The fourth-order valence-corrected chi connectivity index (χ4v) is 3.89. The minimum Gasteiger partial charge on any atom is -0.353 e. The first-order valence-electron chi connectivity index (χ1n) is 9.98. The number of nitrogens with one attached hydrogen (secondary N) is 1. The van der Waals surface area contributed by atoms with Gasteiger partial charge in [-0.15, -0.1) is 0 Å². The van der Waals surface area contributed by atoms with Crippen molar-refractivity contribution in [1.29, 1.82) is 0 Å². The lowest BCUT2D eigenvalue weighted by molar-refractivity contribution is -0.139. The van der Waals surface area contributed by atoms with E-state index in [-0.39, 0.29) is 24.3 Å². The minimum absolute atomic E-state index is 0.0104. The SMILES string of the molecule is Cc1ccc(CN2CCNC(=O)C2CC(=O)N2CCCCCCC2)cc1. The van der Waals surface area contributed by atoms with Crippen molar-refractivity contribution in [2.45, 2.75) is 58.0 Å². The van der Waals surface area contributed by atoms with Crippen molar-refractivity contribution in [3.8, 4) is 0 Å². The second-order valence-corrected chi connectivity index (χ2v) is 7.62. The summed E-state index contributed by atoms with van der Waals surface area (Å²) >= 11 is 0. The highest BCUT2D eigenvalue weighted by Gasteiger charge is 2.32. The number of aryl methyl sites for hydroxylation is 1. The number of benzene rings is 1. The van der Waals surface area contributed by atoms with Crippen LogP contribution in [-0.4, -0.2) is 53.8 Å². The third kappa shape index (κ3) is 5.07. The van der Waals surface area contributed by atoms with E-state index in [2.05, 4.69) is 41.4 Å². The number of piperazine rings is 1. The Morgan fingerprint density at radius 2 is 1.69 bits per heavy atom. The Bertz CT molecular complexity index is 606. The Morgan fingerprint density at radius 3 is 2.38 bits per heavy atom. The van der Waals surface area contributed by atoms with Gasteiger partial charge in [0.2, 0.25) is 11.8 Å². The predicted molar refractivity (Wildman–Crippen MR) is 103 cm³/mol. The van der Waals surface area contributed by atoms with E-state index in [1.165, 1.54) is 30.4 Å². The molecule has 1 N–H and O–H groups in total. The van der Waals surface area contributed by atoms with Crippen molar-refractivity contribution in [2.24, 2.45) is 0 Å². The number of amides is 2. The molecule has 0 aromatic heterocycles. The maximum atomic E-state index is 12.8. The average molecular weight is 357 g/mol. The van der Waals surface area contributed by atoms with Crippen LogP contribution in [0.25, 0.3) is 0 Å². The molecular weight excluding hydrogens is 326 g/mol. The van der Waals surface area contributed by atoms with Gasteiger partial charge in [0.15, 0.2) is 0 Å². The Morgan fingerprint density at radius 1 is 1.04 bits per heavy atom. The molecule has 1 aromatic carbocycles. The molecule has 0 aliphatic carbocycles. The van der Waals surface area contributed by atoms with E-state index in [0.717, 1.165) is 32.5 Å². The van der Waals surface area contributed by atoms with Gasteiger partial charge < -0.3 is 10.2 Å². The summed E-state index contributed by atoms with van der Waals surface area (Å²) in [4.78, 5) is 29.4. The monoisotopic (exact) mass is 357 g/mol. The highest BCUT2D eigenvalue weighted by Crippen LogP contribution is 2.17. The van der Waals surface area contributed by atoms with Crippen LogP contribution in [0.1, 0.15) is 49.7 Å². The molecule has 0 bridgehead atoms. The Hall–Kier alpha value is -1.88. The number of hydrogen-bond donors (Lipinski definition) is 1. The van der Waals surface area contributed by atoms with E-state index in [9.17, 15) is 9.59 Å². The van der Waals surface area contributed by atoms with Crippen molar-refractivity contribution in [3.63, 3.8) is 0 Å². The zero-order chi connectivity index (χ0) is 18.4. The van der Waals surface area contributed by atoms with Crippen LogP contribution in [0.3, 0.4) is 0 Å². The molecule has 5 nitrogen and oxygen atoms in total. The standard InChI is InChI=1S/C21H31N3O2/c1-17-7-9-18(10-8-17)16-24-14-11-22-21(26)19(24)15-20(25)23-12-5-3-2-4-6-13-23/h7-10,19H,2-6,11-16H2,1H3,(H,22,26). The lowest BCUT2D eigenvalue weighted by Gasteiger charge is -2.36. The molecule has 2 aliphatic heterocycles. The van der Waals surface area contributed by atoms with Gasteiger partial charge in [-0.1, -0.05) is 49.1 Å². The molecule has 1 aromatic rings. The molecule has 2 aliphatic rings. The topological polar surface area (TPSA) is 52.7 Å². The van der Waals surface area contributed by atoms with Crippen LogP contribution < -0.4 is 5.32 Å². The van der Waals surface area contributed by atoms with E-state index in [4.69, 9.17) is 0 Å². The molecule has 2 fully saturated rings. The fraction of sp³-hybridized carbons (Fsp3) is 0.619. The third-order valence-corrected chi connectivity index (χ3v) is 5.52. The summed E-state index contributed by atoms with van der Waals surface area (Å²) in [5.41, 5.74) is 2.42. The summed E-state index contributed by atoms with van der Waals surface area (Å²) < 4.78 is 0. The van der Waals surface area contributed by atoms with E-state index in [1.807, 2.05) is 4.90 Å². The van der Waals surface area contributed by atoms with E-state index < -0.39 is 0 Å². The minimum atomic E-state index is -0.358. The van der Waals surface area contributed by atoms with Crippen molar-refractivity contribution >= 4 is 11.8 Å². The summed E-state index contributed by atoms with van der Waals surface area (Å²) in [7, 11) is 0.